The normalized spacial score (nSPS) is 13.8. The number of nitrogens with one attached hydrogen (secondary N) is 1. The molecule has 182 valence electrons. The number of benzene rings is 2. The van der Waals surface area contributed by atoms with Crippen molar-refractivity contribution in [3.05, 3.63) is 59.7 Å². The van der Waals surface area contributed by atoms with E-state index in [1.54, 1.807) is 31.2 Å². The fourth-order valence-corrected chi connectivity index (χ4v) is 3.81. The maximum atomic E-state index is 12.8. The van der Waals surface area contributed by atoms with Crippen LogP contribution in [-0.4, -0.2) is 55.7 Å². The third-order valence-electron chi connectivity index (χ3n) is 5.65. The van der Waals surface area contributed by atoms with Crippen LogP contribution < -0.4 is 14.8 Å². The molecule has 2 aromatic rings. The van der Waals surface area contributed by atoms with Crippen LogP contribution in [0.4, 0.5) is 4.79 Å². The van der Waals surface area contributed by atoms with E-state index in [2.05, 4.69) is 5.32 Å². The van der Waals surface area contributed by atoms with Crippen LogP contribution in [0.25, 0.3) is 0 Å². The van der Waals surface area contributed by atoms with Gasteiger partial charge in [0.2, 0.25) is 5.91 Å². The third-order valence-corrected chi connectivity index (χ3v) is 5.65. The van der Waals surface area contributed by atoms with Crippen molar-refractivity contribution in [3.63, 3.8) is 0 Å². The smallest absolute Gasteiger partial charge is 0.494 e. The zero-order valence-electron chi connectivity index (χ0n) is 19.7. The molecular formula is C26H32N2O6. The Morgan fingerprint density at radius 3 is 2.18 bits per heavy atom. The van der Waals surface area contributed by atoms with Crippen molar-refractivity contribution in [2.45, 2.75) is 33.1 Å². The van der Waals surface area contributed by atoms with Gasteiger partial charge in [-0.1, -0.05) is 12.1 Å². The maximum absolute atomic E-state index is 12.8. The van der Waals surface area contributed by atoms with Gasteiger partial charge >= 0.3 is 6.16 Å². The molecule has 0 spiro atoms. The highest BCUT2D eigenvalue weighted by Crippen LogP contribution is 2.20. The first-order valence-corrected chi connectivity index (χ1v) is 11.7. The topological polar surface area (TPSA) is 94.2 Å². The number of amides is 2. The van der Waals surface area contributed by atoms with E-state index in [0.29, 0.717) is 49.9 Å². The molecule has 1 aliphatic heterocycles. The molecule has 3 rings (SSSR count). The summed E-state index contributed by atoms with van der Waals surface area (Å²) in [6.07, 6.45) is 1.23. The lowest BCUT2D eigenvalue weighted by Crippen LogP contribution is -2.41. The van der Waals surface area contributed by atoms with E-state index in [4.69, 9.17) is 14.2 Å². The maximum Gasteiger partial charge on any atom is 0.513 e. The van der Waals surface area contributed by atoms with E-state index < -0.39 is 6.16 Å². The van der Waals surface area contributed by atoms with Gasteiger partial charge in [0.05, 0.1) is 19.6 Å². The fourth-order valence-electron chi connectivity index (χ4n) is 3.81. The molecule has 0 aromatic heterocycles. The first-order chi connectivity index (χ1) is 16.5. The number of nitrogens with zero attached hydrogens (tertiary/aromatic N) is 1. The third kappa shape index (κ3) is 7.50. The molecule has 1 saturated heterocycles. The number of hydrogen-bond donors (Lipinski definition) is 1. The molecule has 0 saturated carbocycles. The molecule has 1 heterocycles. The molecule has 1 aliphatic rings. The minimum absolute atomic E-state index is 0.00667. The van der Waals surface area contributed by atoms with Crippen LogP contribution in [0.1, 0.15) is 42.6 Å². The number of carbonyl (C=O) groups is 3. The van der Waals surface area contributed by atoms with Gasteiger partial charge in [0.25, 0.3) is 5.91 Å². The summed E-state index contributed by atoms with van der Waals surface area (Å²) in [5.74, 6) is 1.41. The number of likely N-dealkylation sites (tertiary alicyclic amines) is 1. The standard InChI is InChI=1S/C26H32N2O6/c1-3-32-22-9-5-19(6-10-22)17-24(29)27-18-20-13-15-28(16-14-20)25(30)21-7-11-23(12-8-21)34-26(31)33-4-2/h5-12,20H,3-4,13-18H2,1-2H3,(H,27,29). The first-order valence-electron chi connectivity index (χ1n) is 11.7. The summed E-state index contributed by atoms with van der Waals surface area (Å²) in [5, 5.41) is 3.02. The summed E-state index contributed by atoms with van der Waals surface area (Å²) in [6.45, 7) is 6.37. The van der Waals surface area contributed by atoms with Gasteiger partial charge in [0.15, 0.2) is 0 Å². The SMILES string of the molecule is CCOC(=O)Oc1ccc(C(=O)N2CCC(CNC(=O)Cc3ccc(OCC)cc3)CC2)cc1. The zero-order valence-corrected chi connectivity index (χ0v) is 19.7. The largest absolute Gasteiger partial charge is 0.513 e. The number of hydrogen-bond acceptors (Lipinski definition) is 6. The van der Waals surface area contributed by atoms with Crippen molar-refractivity contribution in [1.29, 1.82) is 0 Å². The lowest BCUT2D eigenvalue weighted by atomic mass is 9.96. The van der Waals surface area contributed by atoms with Gasteiger partial charge in [-0.2, -0.15) is 0 Å². The second-order valence-corrected chi connectivity index (χ2v) is 8.10. The van der Waals surface area contributed by atoms with Gasteiger partial charge in [-0.05, 0) is 74.6 Å². The van der Waals surface area contributed by atoms with E-state index >= 15 is 0 Å². The molecular weight excluding hydrogens is 436 g/mol. The Kier molecular flexibility index (Phi) is 9.31. The highest BCUT2D eigenvalue weighted by atomic mass is 16.7. The molecule has 0 unspecified atom stereocenters. The van der Waals surface area contributed by atoms with Crippen LogP contribution in [0.5, 0.6) is 11.5 Å². The van der Waals surface area contributed by atoms with Crippen LogP contribution in [0.2, 0.25) is 0 Å². The second kappa shape index (κ2) is 12.6. The summed E-state index contributed by atoms with van der Waals surface area (Å²) in [4.78, 5) is 38.3. The molecule has 1 N–H and O–H groups in total. The molecule has 2 amide bonds. The number of ether oxygens (including phenoxy) is 3. The van der Waals surface area contributed by atoms with Crippen molar-refractivity contribution in [3.8, 4) is 11.5 Å². The van der Waals surface area contributed by atoms with Gasteiger partial charge < -0.3 is 24.4 Å². The van der Waals surface area contributed by atoms with Gasteiger partial charge in [-0.25, -0.2) is 4.79 Å². The lowest BCUT2D eigenvalue weighted by molar-refractivity contribution is -0.120. The first kappa shape index (κ1) is 25.1. The lowest BCUT2D eigenvalue weighted by Gasteiger charge is -2.32. The van der Waals surface area contributed by atoms with E-state index in [1.165, 1.54) is 0 Å². The molecule has 1 fully saturated rings. The number of piperidine rings is 1. The molecule has 0 aliphatic carbocycles. The Morgan fingerprint density at radius 1 is 0.912 bits per heavy atom. The van der Waals surface area contributed by atoms with E-state index in [9.17, 15) is 14.4 Å². The van der Waals surface area contributed by atoms with Crippen molar-refractivity contribution in [2.24, 2.45) is 5.92 Å². The van der Waals surface area contributed by atoms with Crippen LogP contribution in [0, 0.1) is 5.92 Å². The van der Waals surface area contributed by atoms with Crippen LogP contribution in [-0.2, 0) is 16.0 Å². The molecule has 8 nitrogen and oxygen atoms in total. The Labute approximate surface area is 200 Å². The predicted molar refractivity (Wildman–Crippen MR) is 127 cm³/mol. The van der Waals surface area contributed by atoms with Gasteiger partial charge in [-0.3, -0.25) is 9.59 Å². The minimum Gasteiger partial charge on any atom is -0.494 e. The van der Waals surface area contributed by atoms with Crippen molar-refractivity contribution < 1.29 is 28.6 Å². The molecule has 8 heteroatoms. The van der Waals surface area contributed by atoms with Crippen molar-refractivity contribution >= 4 is 18.0 Å². The van der Waals surface area contributed by atoms with Gasteiger partial charge in [0, 0.05) is 25.2 Å². The summed E-state index contributed by atoms with van der Waals surface area (Å²) in [5.41, 5.74) is 1.48. The van der Waals surface area contributed by atoms with Gasteiger partial charge in [-0.15, -0.1) is 0 Å². The summed E-state index contributed by atoms with van der Waals surface area (Å²) >= 11 is 0. The Hall–Kier alpha value is -3.55. The van der Waals surface area contributed by atoms with Crippen LogP contribution in [0.3, 0.4) is 0 Å². The fraction of sp³-hybridized carbons (Fsp3) is 0.423. The predicted octanol–water partition coefficient (Wildman–Crippen LogP) is 3.83. The molecule has 0 atom stereocenters. The summed E-state index contributed by atoms with van der Waals surface area (Å²) in [7, 11) is 0. The number of carbonyl (C=O) groups excluding carboxylic acids is 3. The van der Waals surface area contributed by atoms with E-state index in [0.717, 1.165) is 24.2 Å². The molecule has 2 aromatic carbocycles. The van der Waals surface area contributed by atoms with E-state index in [-0.39, 0.29) is 18.4 Å². The van der Waals surface area contributed by atoms with Crippen molar-refractivity contribution in [1.82, 2.24) is 10.2 Å². The average Bonchev–Trinajstić information content (AvgIpc) is 2.85. The monoisotopic (exact) mass is 468 g/mol. The Balaban J connectivity index is 1.39. The Bertz CT molecular complexity index is 950. The Morgan fingerprint density at radius 2 is 1.56 bits per heavy atom. The van der Waals surface area contributed by atoms with Crippen LogP contribution >= 0.6 is 0 Å². The molecule has 0 bridgehead atoms. The zero-order chi connectivity index (χ0) is 24.3. The van der Waals surface area contributed by atoms with E-state index in [1.807, 2.05) is 36.1 Å². The minimum atomic E-state index is -0.768. The quantitative estimate of drug-likeness (QED) is 0.444. The molecule has 0 radical (unpaired) electrons. The van der Waals surface area contributed by atoms with Gasteiger partial charge in [0.1, 0.15) is 11.5 Å². The van der Waals surface area contributed by atoms with Crippen molar-refractivity contribution in [2.75, 3.05) is 32.8 Å². The summed E-state index contributed by atoms with van der Waals surface area (Å²) in [6, 6.07) is 14.0. The highest BCUT2D eigenvalue weighted by Gasteiger charge is 2.24. The average molecular weight is 469 g/mol. The molecule has 34 heavy (non-hydrogen) atoms. The summed E-state index contributed by atoms with van der Waals surface area (Å²) < 4.78 is 15.2. The highest BCUT2D eigenvalue weighted by molar-refractivity contribution is 5.94. The number of rotatable bonds is 9. The van der Waals surface area contributed by atoms with Crippen LogP contribution in [0.15, 0.2) is 48.5 Å². The second-order valence-electron chi connectivity index (χ2n) is 8.10.